The summed E-state index contributed by atoms with van der Waals surface area (Å²) in [4.78, 5) is 11.1. The Hall–Kier alpha value is -0.610. The number of piperidine rings is 1. The van der Waals surface area contributed by atoms with E-state index >= 15 is 0 Å². The number of esters is 1. The van der Waals surface area contributed by atoms with Gasteiger partial charge in [-0.05, 0) is 19.8 Å². The van der Waals surface area contributed by atoms with Crippen molar-refractivity contribution in [3.8, 4) is 0 Å². The lowest BCUT2D eigenvalue weighted by Crippen LogP contribution is -2.46. The Morgan fingerprint density at radius 3 is 2.92 bits per heavy atom. The van der Waals surface area contributed by atoms with Gasteiger partial charge < -0.3 is 15.2 Å². The fraction of sp³-hybridized carbons (Fsp3) is 0.875. The molecule has 12 heavy (non-hydrogen) atoms. The Bertz CT molecular complexity index is 152. The van der Waals surface area contributed by atoms with Crippen LogP contribution in [0.5, 0.6) is 0 Å². The molecule has 1 aliphatic heterocycles. The van der Waals surface area contributed by atoms with Gasteiger partial charge in [-0.1, -0.05) is 0 Å². The normalized spacial score (nSPS) is 29.8. The zero-order valence-corrected chi connectivity index (χ0v) is 7.25. The summed E-state index contributed by atoms with van der Waals surface area (Å²) < 4.78 is 4.83. The third kappa shape index (κ3) is 2.46. The van der Waals surface area contributed by atoms with Gasteiger partial charge in [-0.25, -0.2) is 0 Å². The van der Waals surface area contributed by atoms with Crippen LogP contribution >= 0.6 is 0 Å². The molecule has 2 N–H and O–H groups in total. The molecule has 0 spiro atoms. The van der Waals surface area contributed by atoms with Crippen LogP contribution in [0.2, 0.25) is 0 Å². The number of ether oxygens (including phenoxy) is 1. The third-order valence-corrected chi connectivity index (χ3v) is 1.96. The highest BCUT2D eigenvalue weighted by molar-refractivity contribution is 5.75. The predicted octanol–water partition coefficient (Wildman–Crippen LogP) is -0.338. The molecule has 0 aromatic carbocycles. The first-order chi connectivity index (χ1) is 5.74. The molecule has 1 aliphatic rings. The van der Waals surface area contributed by atoms with Crippen LogP contribution in [0.4, 0.5) is 0 Å². The van der Waals surface area contributed by atoms with Gasteiger partial charge in [0.15, 0.2) is 0 Å². The van der Waals surface area contributed by atoms with Gasteiger partial charge in [-0.3, -0.25) is 4.79 Å². The minimum Gasteiger partial charge on any atom is -0.465 e. The van der Waals surface area contributed by atoms with E-state index in [0.29, 0.717) is 26.0 Å². The number of β-amino-alcohol motifs (C(OH)–C–C–N with tert-alkyl or cyclic N) is 1. The number of carbonyl (C=O) groups excluding carboxylic acids is 1. The molecule has 0 radical (unpaired) electrons. The molecule has 0 saturated carbocycles. The second-order valence-corrected chi connectivity index (χ2v) is 2.94. The van der Waals surface area contributed by atoms with Gasteiger partial charge >= 0.3 is 5.97 Å². The highest BCUT2D eigenvalue weighted by Gasteiger charge is 2.25. The number of rotatable bonds is 2. The summed E-state index contributed by atoms with van der Waals surface area (Å²) >= 11 is 0. The summed E-state index contributed by atoms with van der Waals surface area (Å²) in [6.45, 7) is 2.69. The molecule has 4 nitrogen and oxygen atoms in total. The lowest BCUT2D eigenvalue weighted by molar-refractivity contribution is -0.146. The Kier molecular flexibility index (Phi) is 3.49. The van der Waals surface area contributed by atoms with E-state index in [9.17, 15) is 4.79 Å². The van der Waals surface area contributed by atoms with E-state index in [2.05, 4.69) is 5.32 Å². The van der Waals surface area contributed by atoms with Crippen molar-refractivity contribution in [1.29, 1.82) is 0 Å². The summed E-state index contributed by atoms with van der Waals surface area (Å²) in [7, 11) is 0. The summed E-state index contributed by atoms with van der Waals surface area (Å²) in [6, 6.07) is -0.214. The molecule has 1 rings (SSSR count). The number of hydrogen-bond donors (Lipinski definition) is 2. The van der Waals surface area contributed by atoms with Gasteiger partial charge in [-0.15, -0.1) is 0 Å². The van der Waals surface area contributed by atoms with Crippen molar-refractivity contribution in [2.45, 2.75) is 31.9 Å². The van der Waals surface area contributed by atoms with E-state index in [-0.39, 0.29) is 18.1 Å². The van der Waals surface area contributed by atoms with Crippen LogP contribution in [0.15, 0.2) is 0 Å². The van der Waals surface area contributed by atoms with Gasteiger partial charge in [0.25, 0.3) is 0 Å². The van der Waals surface area contributed by atoms with Crippen LogP contribution in [-0.2, 0) is 9.53 Å². The highest BCUT2D eigenvalue weighted by Crippen LogP contribution is 2.08. The molecule has 0 aliphatic carbocycles. The largest absolute Gasteiger partial charge is 0.465 e. The number of aliphatic hydroxyl groups is 1. The fourth-order valence-electron chi connectivity index (χ4n) is 1.29. The van der Waals surface area contributed by atoms with E-state index in [0.717, 1.165) is 0 Å². The lowest BCUT2D eigenvalue weighted by Gasteiger charge is -2.25. The minimum absolute atomic E-state index is 0.204. The number of hydrogen-bond acceptors (Lipinski definition) is 4. The molecule has 0 amide bonds. The first-order valence-electron chi connectivity index (χ1n) is 4.32. The first kappa shape index (κ1) is 9.48. The molecule has 2 atom stereocenters. The molecule has 2 unspecified atom stereocenters. The molecule has 1 saturated heterocycles. The van der Waals surface area contributed by atoms with E-state index in [1.807, 2.05) is 0 Å². The molecule has 1 heterocycles. The van der Waals surface area contributed by atoms with Gasteiger partial charge in [0.05, 0.1) is 12.7 Å². The maximum Gasteiger partial charge on any atom is 0.323 e. The molecule has 4 heteroatoms. The monoisotopic (exact) mass is 173 g/mol. The highest BCUT2D eigenvalue weighted by atomic mass is 16.5. The average Bonchev–Trinajstić information content (AvgIpc) is 2.06. The predicted molar refractivity (Wildman–Crippen MR) is 43.7 cm³/mol. The van der Waals surface area contributed by atoms with Crippen LogP contribution in [-0.4, -0.2) is 36.4 Å². The van der Waals surface area contributed by atoms with E-state index < -0.39 is 0 Å². The number of aliphatic hydroxyl groups excluding tert-OH is 1. The first-order valence-corrected chi connectivity index (χ1v) is 4.32. The van der Waals surface area contributed by atoms with Gasteiger partial charge in [0, 0.05) is 6.54 Å². The van der Waals surface area contributed by atoms with E-state index in [1.54, 1.807) is 6.92 Å². The van der Waals surface area contributed by atoms with Crippen LogP contribution in [0.1, 0.15) is 19.8 Å². The molecule has 0 bridgehead atoms. The topological polar surface area (TPSA) is 58.6 Å². The smallest absolute Gasteiger partial charge is 0.323 e. The summed E-state index contributed by atoms with van der Waals surface area (Å²) in [5.41, 5.74) is 0. The number of nitrogens with one attached hydrogen (secondary N) is 1. The SMILES string of the molecule is CCOC(=O)C1CCC(O)CN1. The van der Waals surface area contributed by atoms with Crippen molar-refractivity contribution in [3.05, 3.63) is 0 Å². The second kappa shape index (κ2) is 4.42. The van der Waals surface area contributed by atoms with Crippen LogP contribution in [0, 0.1) is 0 Å². The van der Waals surface area contributed by atoms with Crippen LogP contribution in [0.25, 0.3) is 0 Å². The molecule has 1 fully saturated rings. The van der Waals surface area contributed by atoms with Crippen molar-refractivity contribution in [2.75, 3.05) is 13.2 Å². The molecule has 0 aromatic rings. The fourth-order valence-corrected chi connectivity index (χ4v) is 1.29. The van der Waals surface area contributed by atoms with Gasteiger partial charge in [-0.2, -0.15) is 0 Å². The van der Waals surface area contributed by atoms with Crippen molar-refractivity contribution in [1.82, 2.24) is 5.32 Å². The molecular weight excluding hydrogens is 158 g/mol. The Morgan fingerprint density at radius 1 is 1.67 bits per heavy atom. The van der Waals surface area contributed by atoms with E-state index in [4.69, 9.17) is 9.84 Å². The molecule has 70 valence electrons. The zero-order chi connectivity index (χ0) is 8.97. The number of carbonyl (C=O) groups is 1. The molecular formula is C8H15NO3. The molecule has 0 aromatic heterocycles. The van der Waals surface area contributed by atoms with E-state index in [1.165, 1.54) is 0 Å². The third-order valence-electron chi connectivity index (χ3n) is 1.96. The summed E-state index contributed by atoms with van der Waals surface area (Å²) in [6.07, 6.45) is 1.03. The Morgan fingerprint density at radius 2 is 2.42 bits per heavy atom. The van der Waals surface area contributed by atoms with Gasteiger partial charge in [0.1, 0.15) is 6.04 Å². The standard InChI is InChI=1S/C8H15NO3/c1-2-12-8(11)7-4-3-6(10)5-9-7/h6-7,9-10H,2-5H2,1H3. The van der Waals surface area contributed by atoms with Gasteiger partial charge in [0.2, 0.25) is 0 Å². The quantitative estimate of drug-likeness (QED) is 0.561. The van der Waals surface area contributed by atoms with Crippen LogP contribution < -0.4 is 5.32 Å². The van der Waals surface area contributed by atoms with Crippen molar-refractivity contribution in [3.63, 3.8) is 0 Å². The summed E-state index contributed by atoms with van der Waals surface area (Å²) in [5, 5.41) is 12.1. The van der Waals surface area contributed by atoms with Crippen LogP contribution in [0.3, 0.4) is 0 Å². The van der Waals surface area contributed by atoms with Crippen molar-refractivity contribution in [2.24, 2.45) is 0 Å². The maximum atomic E-state index is 11.1. The maximum absolute atomic E-state index is 11.1. The Labute approximate surface area is 71.9 Å². The second-order valence-electron chi connectivity index (χ2n) is 2.94. The minimum atomic E-state index is -0.310. The Balaban J connectivity index is 2.29. The average molecular weight is 173 g/mol. The lowest BCUT2D eigenvalue weighted by atomic mass is 10.0. The summed E-state index contributed by atoms with van der Waals surface area (Å²) in [5.74, 6) is -0.204. The zero-order valence-electron chi connectivity index (χ0n) is 7.25. The van der Waals surface area contributed by atoms with Crippen molar-refractivity contribution < 1.29 is 14.6 Å². The van der Waals surface area contributed by atoms with Crippen molar-refractivity contribution >= 4 is 5.97 Å².